The maximum atomic E-state index is 12.3. The summed E-state index contributed by atoms with van der Waals surface area (Å²) in [4.78, 5) is 12.3. The number of aryl methyl sites for hydroxylation is 2. The topological polar surface area (TPSA) is 66.9 Å². The monoisotopic (exact) mass is 332 g/mol. The smallest absolute Gasteiger partial charge is 0.255 e. The second-order valence-corrected chi connectivity index (χ2v) is 5.77. The van der Waals surface area contributed by atoms with Gasteiger partial charge in [-0.25, -0.2) is 0 Å². The van der Waals surface area contributed by atoms with Crippen LogP contribution in [0.15, 0.2) is 60.7 Å². The first-order valence-electron chi connectivity index (χ1n) is 8.22. The van der Waals surface area contributed by atoms with Gasteiger partial charge in [-0.15, -0.1) is 5.10 Å². The maximum Gasteiger partial charge on any atom is 0.255 e. The van der Waals surface area contributed by atoms with Crippen molar-refractivity contribution in [1.29, 1.82) is 0 Å². The molecule has 126 valence electrons. The van der Waals surface area contributed by atoms with E-state index in [1.54, 1.807) is 0 Å². The van der Waals surface area contributed by atoms with Gasteiger partial charge >= 0.3 is 0 Å². The summed E-state index contributed by atoms with van der Waals surface area (Å²) in [5.74, 6) is 0.561. The Labute approximate surface area is 147 Å². The first kappa shape index (κ1) is 16.6. The Morgan fingerprint density at radius 3 is 2.16 bits per heavy atom. The molecule has 0 atom stereocenters. The second-order valence-electron chi connectivity index (χ2n) is 5.77. The summed E-state index contributed by atoms with van der Waals surface area (Å²) in [6, 6.07) is 18.9. The largest absolute Gasteiger partial charge is 0.339 e. The third-order valence-electron chi connectivity index (χ3n) is 3.84. The van der Waals surface area contributed by atoms with E-state index in [0.717, 1.165) is 23.5 Å². The van der Waals surface area contributed by atoms with Crippen molar-refractivity contribution in [3.63, 3.8) is 0 Å². The number of carbonyl (C=O) groups excluding carboxylic acids is 1. The lowest BCUT2D eigenvalue weighted by Crippen LogP contribution is -2.11. The number of nitrogens with zero attached hydrogens (tertiary/aromatic N) is 2. The fraction of sp³-hybridized carbons (Fsp3) is 0.150. The van der Waals surface area contributed by atoms with Crippen LogP contribution in [0.4, 0.5) is 17.2 Å². The molecule has 2 N–H and O–H groups in total. The summed E-state index contributed by atoms with van der Waals surface area (Å²) in [7, 11) is 0. The minimum absolute atomic E-state index is 0.118. The summed E-state index contributed by atoms with van der Waals surface area (Å²) in [5.41, 5.74) is 4.35. The number of benzene rings is 2. The van der Waals surface area contributed by atoms with Crippen LogP contribution in [-0.2, 0) is 6.42 Å². The zero-order valence-electron chi connectivity index (χ0n) is 14.3. The lowest BCUT2D eigenvalue weighted by Gasteiger charge is -2.08. The van der Waals surface area contributed by atoms with Crippen LogP contribution in [0, 0.1) is 6.92 Å². The molecule has 0 saturated heterocycles. The molecule has 25 heavy (non-hydrogen) atoms. The Balaban J connectivity index is 1.63. The van der Waals surface area contributed by atoms with Crippen molar-refractivity contribution >= 4 is 23.1 Å². The first-order chi connectivity index (χ1) is 12.1. The Kier molecular flexibility index (Phi) is 5.04. The van der Waals surface area contributed by atoms with E-state index in [2.05, 4.69) is 27.8 Å². The Bertz CT molecular complexity index is 840. The van der Waals surface area contributed by atoms with Crippen molar-refractivity contribution in [2.45, 2.75) is 20.3 Å². The fourth-order valence-corrected chi connectivity index (χ4v) is 2.35. The van der Waals surface area contributed by atoms with E-state index in [0.29, 0.717) is 11.4 Å². The van der Waals surface area contributed by atoms with E-state index in [1.807, 2.05) is 67.6 Å². The normalized spacial score (nSPS) is 10.3. The Morgan fingerprint density at radius 1 is 0.880 bits per heavy atom. The molecule has 5 heteroatoms. The molecule has 0 aliphatic carbocycles. The molecule has 5 nitrogen and oxygen atoms in total. The molecular weight excluding hydrogens is 312 g/mol. The van der Waals surface area contributed by atoms with Crippen molar-refractivity contribution in [2.24, 2.45) is 0 Å². The summed E-state index contributed by atoms with van der Waals surface area (Å²) in [5, 5.41) is 14.1. The van der Waals surface area contributed by atoms with Gasteiger partial charge in [-0.3, -0.25) is 4.79 Å². The van der Waals surface area contributed by atoms with Gasteiger partial charge in [0, 0.05) is 16.9 Å². The first-order valence-corrected chi connectivity index (χ1v) is 8.22. The quantitative estimate of drug-likeness (QED) is 0.729. The van der Waals surface area contributed by atoms with E-state index in [4.69, 9.17) is 0 Å². The third kappa shape index (κ3) is 4.41. The summed E-state index contributed by atoms with van der Waals surface area (Å²) in [6.45, 7) is 3.98. The number of hydrogen-bond donors (Lipinski definition) is 2. The van der Waals surface area contributed by atoms with Gasteiger partial charge < -0.3 is 10.6 Å². The van der Waals surface area contributed by atoms with E-state index >= 15 is 0 Å². The molecule has 3 rings (SSSR count). The van der Waals surface area contributed by atoms with Crippen molar-refractivity contribution in [3.05, 3.63) is 77.5 Å². The lowest BCUT2D eigenvalue weighted by molar-refractivity contribution is 0.102. The van der Waals surface area contributed by atoms with Gasteiger partial charge in [0.15, 0.2) is 5.82 Å². The van der Waals surface area contributed by atoms with Crippen LogP contribution in [0.25, 0.3) is 0 Å². The molecule has 1 aromatic heterocycles. The van der Waals surface area contributed by atoms with Gasteiger partial charge in [-0.05, 0) is 67.4 Å². The van der Waals surface area contributed by atoms with Crippen molar-refractivity contribution < 1.29 is 4.79 Å². The standard InChI is InChI=1S/C20H20N4O/c1-3-15-5-7-16(8-6-15)20(25)22-18-11-9-17(10-12-18)21-19-13-4-14(2)23-24-19/h4-13H,3H2,1-2H3,(H,21,24)(H,22,25). The third-order valence-corrected chi connectivity index (χ3v) is 3.84. The SMILES string of the molecule is CCc1ccc(C(=O)Nc2ccc(Nc3ccc(C)nn3)cc2)cc1. The van der Waals surface area contributed by atoms with E-state index in [-0.39, 0.29) is 5.91 Å². The Morgan fingerprint density at radius 2 is 1.56 bits per heavy atom. The highest BCUT2D eigenvalue weighted by atomic mass is 16.1. The molecule has 0 spiro atoms. The number of carbonyl (C=O) groups is 1. The molecular formula is C20H20N4O. The molecule has 0 radical (unpaired) electrons. The van der Waals surface area contributed by atoms with Gasteiger partial charge in [0.2, 0.25) is 0 Å². The number of amides is 1. The van der Waals surface area contributed by atoms with Crippen molar-refractivity contribution in [3.8, 4) is 0 Å². The van der Waals surface area contributed by atoms with Gasteiger partial charge in [0.05, 0.1) is 5.69 Å². The molecule has 1 amide bonds. The van der Waals surface area contributed by atoms with E-state index < -0.39 is 0 Å². The van der Waals surface area contributed by atoms with Crippen LogP contribution in [-0.4, -0.2) is 16.1 Å². The lowest BCUT2D eigenvalue weighted by atomic mass is 10.1. The fourth-order valence-electron chi connectivity index (χ4n) is 2.35. The second kappa shape index (κ2) is 7.57. The summed E-state index contributed by atoms with van der Waals surface area (Å²) in [6.07, 6.45) is 0.960. The molecule has 2 aromatic carbocycles. The van der Waals surface area contributed by atoms with E-state index in [9.17, 15) is 4.79 Å². The average Bonchev–Trinajstić information content (AvgIpc) is 2.65. The van der Waals surface area contributed by atoms with Crippen LogP contribution >= 0.6 is 0 Å². The van der Waals surface area contributed by atoms with Crippen LogP contribution < -0.4 is 10.6 Å². The minimum atomic E-state index is -0.118. The molecule has 1 heterocycles. The van der Waals surface area contributed by atoms with Gasteiger partial charge in [-0.2, -0.15) is 5.10 Å². The highest BCUT2D eigenvalue weighted by Gasteiger charge is 2.06. The van der Waals surface area contributed by atoms with Crippen molar-refractivity contribution in [1.82, 2.24) is 10.2 Å². The van der Waals surface area contributed by atoms with Crippen LogP contribution in [0.1, 0.15) is 28.5 Å². The summed E-state index contributed by atoms with van der Waals surface area (Å²) < 4.78 is 0. The maximum absolute atomic E-state index is 12.3. The van der Waals surface area contributed by atoms with Crippen LogP contribution in [0.5, 0.6) is 0 Å². The van der Waals surface area contributed by atoms with Gasteiger partial charge in [-0.1, -0.05) is 19.1 Å². The number of aromatic nitrogens is 2. The molecule has 3 aromatic rings. The number of nitrogens with one attached hydrogen (secondary N) is 2. The van der Waals surface area contributed by atoms with E-state index in [1.165, 1.54) is 5.56 Å². The molecule has 0 bridgehead atoms. The van der Waals surface area contributed by atoms with Crippen LogP contribution in [0.2, 0.25) is 0 Å². The number of anilines is 3. The molecule has 0 aliphatic rings. The van der Waals surface area contributed by atoms with Crippen LogP contribution in [0.3, 0.4) is 0 Å². The highest BCUT2D eigenvalue weighted by Crippen LogP contribution is 2.18. The van der Waals surface area contributed by atoms with Crippen molar-refractivity contribution in [2.75, 3.05) is 10.6 Å². The minimum Gasteiger partial charge on any atom is -0.339 e. The van der Waals surface area contributed by atoms with Gasteiger partial charge in [0.1, 0.15) is 0 Å². The molecule has 0 aliphatic heterocycles. The predicted molar refractivity (Wildman–Crippen MR) is 100 cm³/mol. The predicted octanol–water partition coefficient (Wildman–Crippen LogP) is 4.34. The highest BCUT2D eigenvalue weighted by molar-refractivity contribution is 6.04. The zero-order chi connectivity index (χ0) is 17.6. The Hall–Kier alpha value is -3.21. The zero-order valence-corrected chi connectivity index (χ0v) is 14.3. The average molecular weight is 332 g/mol. The molecule has 0 fully saturated rings. The summed E-state index contributed by atoms with van der Waals surface area (Å²) >= 11 is 0. The molecule has 0 unspecified atom stereocenters. The molecule has 0 saturated carbocycles. The van der Waals surface area contributed by atoms with Gasteiger partial charge in [0.25, 0.3) is 5.91 Å². The number of hydrogen-bond acceptors (Lipinski definition) is 4. The number of rotatable bonds is 5.